The predicted octanol–water partition coefficient (Wildman–Crippen LogP) is 5.95. The van der Waals surface area contributed by atoms with E-state index in [0.29, 0.717) is 25.2 Å². The Bertz CT molecular complexity index is 920. The molecular formula is C32H52O6. The van der Waals surface area contributed by atoms with Gasteiger partial charge in [-0.25, -0.2) is 0 Å². The van der Waals surface area contributed by atoms with Gasteiger partial charge in [0.05, 0.1) is 22.0 Å². The number of hydrogen-bond acceptors (Lipinski definition) is 6. The van der Waals surface area contributed by atoms with Crippen molar-refractivity contribution in [1.82, 2.24) is 0 Å². The van der Waals surface area contributed by atoms with E-state index < -0.39 is 22.2 Å². The van der Waals surface area contributed by atoms with Crippen LogP contribution in [0.25, 0.3) is 0 Å². The second-order valence-electron chi connectivity index (χ2n) is 15.6. The molecule has 7 fully saturated rings. The number of esters is 2. The Morgan fingerprint density at radius 2 is 1.37 bits per heavy atom. The molecule has 0 aliphatic heterocycles. The van der Waals surface area contributed by atoms with Crippen LogP contribution in [0, 0.1) is 40.4 Å². The molecule has 38 heavy (non-hydrogen) atoms. The maximum Gasteiger partial charge on any atom is 0.312 e. The van der Waals surface area contributed by atoms with Gasteiger partial charge >= 0.3 is 11.9 Å². The van der Waals surface area contributed by atoms with Gasteiger partial charge < -0.3 is 19.7 Å². The van der Waals surface area contributed by atoms with E-state index in [1.165, 1.54) is 25.7 Å². The van der Waals surface area contributed by atoms with Gasteiger partial charge in [-0.15, -0.1) is 0 Å². The van der Waals surface area contributed by atoms with Gasteiger partial charge in [0.2, 0.25) is 0 Å². The molecule has 2 N–H and O–H groups in total. The van der Waals surface area contributed by atoms with Crippen molar-refractivity contribution in [3.63, 3.8) is 0 Å². The van der Waals surface area contributed by atoms with Crippen molar-refractivity contribution in [2.75, 3.05) is 0 Å². The molecule has 0 aromatic heterocycles. The van der Waals surface area contributed by atoms with E-state index in [2.05, 4.69) is 6.92 Å². The number of carbonyl (C=O) groups is 2. The third-order valence-electron chi connectivity index (χ3n) is 11.8. The minimum Gasteiger partial charge on any atom is -0.462 e. The Kier molecular flexibility index (Phi) is 7.07. The van der Waals surface area contributed by atoms with E-state index in [1.807, 2.05) is 34.6 Å². The zero-order valence-corrected chi connectivity index (χ0v) is 24.7. The minimum absolute atomic E-state index is 0.0251. The SMILES string of the molecule is CCC(C)(C)C(=O)OC12CC3CC(O)(CC(O)(C3)C1)C2.CCC(C)(C)C(=O)OC1CC2CC1C1CCCC21. The fraction of sp³-hybridized carbons (Fsp3) is 0.938. The lowest BCUT2D eigenvalue weighted by molar-refractivity contribution is -0.264. The molecule has 0 amide bonds. The molecule has 7 aliphatic rings. The monoisotopic (exact) mass is 532 g/mol. The second kappa shape index (κ2) is 9.46. The van der Waals surface area contributed by atoms with Crippen molar-refractivity contribution in [2.45, 2.75) is 148 Å². The van der Waals surface area contributed by atoms with Crippen molar-refractivity contribution in [1.29, 1.82) is 0 Å². The van der Waals surface area contributed by atoms with Crippen LogP contribution >= 0.6 is 0 Å². The molecule has 0 spiro atoms. The van der Waals surface area contributed by atoms with Crippen LogP contribution in [0.1, 0.15) is 125 Å². The van der Waals surface area contributed by atoms with E-state index in [0.717, 1.165) is 56.3 Å². The summed E-state index contributed by atoms with van der Waals surface area (Å²) in [5.74, 6) is 3.52. The third-order valence-corrected chi connectivity index (χ3v) is 11.8. The van der Waals surface area contributed by atoms with Gasteiger partial charge in [0.15, 0.2) is 0 Å². The fourth-order valence-electron chi connectivity index (χ4n) is 9.42. The van der Waals surface area contributed by atoms with Crippen LogP contribution in [0.15, 0.2) is 0 Å². The summed E-state index contributed by atoms with van der Waals surface area (Å²) in [5.41, 5.74) is -3.15. The Hall–Kier alpha value is -1.14. The standard InChI is InChI=1S/C16H26O4.C16H26O2/c1-4-13(2,3)12(17)20-16-7-11-5-14(18,9-16)8-15(19,6-11)10-16;1-4-16(2,3)15(17)18-14-9-10-8-13(14)12-7-5-6-11(10)12/h11,18-19H,4-10H2,1-3H3;10-14H,4-9H2,1-3H3. The quantitative estimate of drug-likeness (QED) is 0.410. The lowest BCUT2D eigenvalue weighted by Crippen LogP contribution is -2.67. The molecule has 6 bridgehead atoms. The first-order chi connectivity index (χ1) is 17.6. The smallest absolute Gasteiger partial charge is 0.312 e. The molecule has 0 aromatic carbocycles. The molecule has 0 heterocycles. The topological polar surface area (TPSA) is 93.1 Å². The fourth-order valence-corrected chi connectivity index (χ4v) is 9.42. The molecule has 7 atom stereocenters. The van der Waals surface area contributed by atoms with Gasteiger partial charge in [0.1, 0.15) is 11.7 Å². The second-order valence-corrected chi connectivity index (χ2v) is 15.6. The first-order valence-electron chi connectivity index (χ1n) is 15.5. The molecular weight excluding hydrogens is 480 g/mol. The maximum atomic E-state index is 12.4. The predicted molar refractivity (Wildman–Crippen MR) is 145 cm³/mol. The molecule has 7 saturated carbocycles. The van der Waals surface area contributed by atoms with Crippen molar-refractivity contribution < 1.29 is 29.3 Å². The summed E-state index contributed by atoms with van der Waals surface area (Å²) in [6, 6.07) is 0. The molecule has 0 aromatic rings. The Balaban J connectivity index is 0.000000156. The number of aliphatic hydroxyl groups is 2. The van der Waals surface area contributed by atoms with Crippen LogP contribution in [-0.2, 0) is 19.1 Å². The first-order valence-corrected chi connectivity index (χ1v) is 15.5. The summed E-state index contributed by atoms with van der Waals surface area (Å²) in [6.45, 7) is 11.8. The summed E-state index contributed by atoms with van der Waals surface area (Å²) in [6.07, 6.45) is 12.2. The molecule has 0 saturated heterocycles. The van der Waals surface area contributed by atoms with Crippen LogP contribution in [0.4, 0.5) is 0 Å². The van der Waals surface area contributed by atoms with Gasteiger partial charge in [0.25, 0.3) is 0 Å². The highest BCUT2D eigenvalue weighted by Crippen LogP contribution is 2.61. The lowest BCUT2D eigenvalue weighted by atomic mass is 9.50. The molecule has 6 heteroatoms. The Labute approximate surface area is 229 Å². The number of ether oxygens (including phenoxy) is 2. The zero-order chi connectivity index (χ0) is 27.7. The molecule has 7 unspecified atom stereocenters. The lowest BCUT2D eigenvalue weighted by Gasteiger charge is -2.62. The highest BCUT2D eigenvalue weighted by atomic mass is 16.6. The largest absolute Gasteiger partial charge is 0.462 e. The highest BCUT2D eigenvalue weighted by molar-refractivity contribution is 5.76. The normalized spacial score (nSPS) is 44.4. The summed E-state index contributed by atoms with van der Waals surface area (Å²) in [5, 5.41) is 21.3. The molecule has 216 valence electrons. The van der Waals surface area contributed by atoms with Crippen molar-refractivity contribution in [3.05, 3.63) is 0 Å². The van der Waals surface area contributed by atoms with E-state index in [1.54, 1.807) is 0 Å². The number of hydrogen-bond donors (Lipinski definition) is 2. The summed E-state index contributed by atoms with van der Waals surface area (Å²) in [7, 11) is 0. The highest BCUT2D eigenvalue weighted by Gasteiger charge is 2.65. The number of rotatable bonds is 6. The van der Waals surface area contributed by atoms with Crippen LogP contribution in [0.2, 0.25) is 0 Å². The maximum absolute atomic E-state index is 12.4. The van der Waals surface area contributed by atoms with E-state index >= 15 is 0 Å². The van der Waals surface area contributed by atoms with Gasteiger partial charge in [-0.3, -0.25) is 9.59 Å². The van der Waals surface area contributed by atoms with E-state index in [9.17, 15) is 19.8 Å². The van der Waals surface area contributed by atoms with Gasteiger partial charge in [-0.2, -0.15) is 0 Å². The minimum atomic E-state index is -0.842. The Morgan fingerprint density at radius 1 is 0.789 bits per heavy atom. The molecule has 6 nitrogen and oxygen atoms in total. The van der Waals surface area contributed by atoms with Gasteiger partial charge in [-0.05, 0) is 115 Å². The van der Waals surface area contributed by atoms with Crippen molar-refractivity contribution >= 4 is 11.9 Å². The van der Waals surface area contributed by atoms with Crippen LogP contribution < -0.4 is 0 Å². The summed E-state index contributed by atoms with van der Waals surface area (Å²) < 4.78 is 11.7. The van der Waals surface area contributed by atoms with Crippen molar-refractivity contribution in [3.8, 4) is 0 Å². The summed E-state index contributed by atoms with van der Waals surface area (Å²) in [4.78, 5) is 24.6. The van der Waals surface area contributed by atoms with Crippen LogP contribution in [0.3, 0.4) is 0 Å². The van der Waals surface area contributed by atoms with E-state index in [-0.39, 0.29) is 29.4 Å². The van der Waals surface area contributed by atoms with Crippen LogP contribution in [-0.4, -0.2) is 45.1 Å². The summed E-state index contributed by atoms with van der Waals surface area (Å²) >= 11 is 0. The number of fused-ring (bicyclic) bond motifs is 5. The molecule has 7 rings (SSSR count). The van der Waals surface area contributed by atoms with Crippen molar-refractivity contribution in [2.24, 2.45) is 40.4 Å². The molecule has 7 aliphatic carbocycles. The van der Waals surface area contributed by atoms with Gasteiger partial charge in [-0.1, -0.05) is 20.3 Å². The number of carbonyl (C=O) groups excluding carboxylic acids is 2. The van der Waals surface area contributed by atoms with E-state index in [4.69, 9.17) is 9.47 Å². The average molecular weight is 533 g/mol. The Morgan fingerprint density at radius 3 is 1.95 bits per heavy atom. The van der Waals surface area contributed by atoms with Gasteiger partial charge in [0, 0.05) is 19.3 Å². The van der Waals surface area contributed by atoms with Crippen LogP contribution in [0.5, 0.6) is 0 Å². The molecule has 0 radical (unpaired) electrons. The average Bonchev–Trinajstić information content (AvgIpc) is 3.50. The third kappa shape index (κ3) is 5.06. The first kappa shape index (κ1) is 28.4. The zero-order valence-electron chi connectivity index (χ0n) is 24.7.